The van der Waals surface area contributed by atoms with Gasteiger partial charge in [-0.15, -0.1) is 0 Å². The van der Waals surface area contributed by atoms with Crippen LogP contribution in [-0.2, 0) is 12.8 Å². The van der Waals surface area contributed by atoms with E-state index in [2.05, 4.69) is 4.98 Å². The van der Waals surface area contributed by atoms with Gasteiger partial charge in [-0.2, -0.15) is 13.2 Å². The highest BCUT2D eigenvalue weighted by Gasteiger charge is 2.29. The Kier molecular flexibility index (Phi) is 3.53. The van der Waals surface area contributed by atoms with E-state index in [0.717, 1.165) is 18.2 Å². The fourth-order valence-electron chi connectivity index (χ4n) is 1.59. The number of hydrogen-bond acceptors (Lipinski definition) is 2. The molecular formula is C13H9F4NO. The second-order valence-electron chi connectivity index (χ2n) is 3.89. The smallest absolute Gasteiger partial charge is 0.390 e. The topological polar surface area (TPSA) is 33.1 Å². The molecule has 2 aromatic rings. The summed E-state index contributed by atoms with van der Waals surface area (Å²) in [6, 6.07) is 5.47. The van der Waals surface area contributed by atoms with Crippen LogP contribution in [-0.4, -0.2) is 10.1 Å². The first kappa shape index (κ1) is 13.5. The van der Waals surface area contributed by atoms with Crippen molar-refractivity contribution < 1.29 is 22.7 Å². The third-order valence-corrected chi connectivity index (χ3v) is 2.61. The summed E-state index contributed by atoms with van der Waals surface area (Å²) in [5, 5.41) is 8.78. The molecule has 0 fully saturated rings. The summed E-state index contributed by atoms with van der Waals surface area (Å²) in [7, 11) is 0. The minimum absolute atomic E-state index is 0.101. The normalized spacial score (nSPS) is 11.6. The molecule has 19 heavy (non-hydrogen) atoms. The van der Waals surface area contributed by atoms with E-state index in [0.29, 0.717) is 11.1 Å². The van der Waals surface area contributed by atoms with Crippen LogP contribution >= 0.6 is 0 Å². The van der Waals surface area contributed by atoms with Gasteiger partial charge in [-0.05, 0) is 23.8 Å². The zero-order chi connectivity index (χ0) is 14.0. The van der Waals surface area contributed by atoms with Crippen molar-refractivity contribution >= 4 is 0 Å². The van der Waals surface area contributed by atoms with E-state index in [9.17, 15) is 17.6 Å². The number of alkyl halides is 3. The van der Waals surface area contributed by atoms with Gasteiger partial charge in [0.25, 0.3) is 0 Å². The fourth-order valence-corrected chi connectivity index (χ4v) is 1.59. The Morgan fingerprint density at radius 3 is 2.16 bits per heavy atom. The summed E-state index contributed by atoms with van der Waals surface area (Å²) in [4.78, 5) is 3.70. The van der Waals surface area contributed by atoms with Gasteiger partial charge in [-0.25, -0.2) is 4.39 Å². The minimum atomic E-state index is -4.40. The average molecular weight is 271 g/mol. The summed E-state index contributed by atoms with van der Waals surface area (Å²) in [5.41, 5.74) is -0.0976. The number of nitrogens with zero attached hydrogens (tertiary/aromatic N) is 1. The van der Waals surface area contributed by atoms with Gasteiger partial charge < -0.3 is 5.11 Å². The molecule has 100 valence electrons. The molecule has 1 aromatic carbocycles. The van der Waals surface area contributed by atoms with Crippen LogP contribution in [0, 0.1) is 5.82 Å². The SMILES string of the molecule is OCc1ncc(-c2ccc(C(F)(F)F)cc2)cc1F. The highest BCUT2D eigenvalue weighted by Crippen LogP contribution is 2.31. The second-order valence-corrected chi connectivity index (χ2v) is 3.89. The maximum atomic E-state index is 13.4. The second kappa shape index (κ2) is 4.97. The number of aliphatic hydroxyl groups is 1. The number of rotatable bonds is 2. The average Bonchev–Trinajstić information content (AvgIpc) is 2.38. The standard InChI is InChI=1S/C13H9F4NO/c14-11-5-9(6-18-12(11)7-19)8-1-3-10(4-2-8)13(15,16)17/h1-6,19H,7H2. The molecule has 0 aliphatic heterocycles. The molecule has 1 heterocycles. The maximum absolute atomic E-state index is 13.4. The number of halogens is 4. The van der Waals surface area contributed by atoms with E-state index in [4.69, 9.17) is 5.11 Å². The predicted molar refractivity (Wildman–Crippen MR) is 60.6 cm³/mol. The maximum Gasteiger partial charge on any atom is 0.416 e. The molecular weight excluding hydrogens is 262 g/mol. The fraction of sp³-hybridized carbons (Fsp3) is 0.154. The molecule has 0 radical (unpaired) electrons. The van der Waals surface area contributed by atoms with E-state index in [-0.39, 0.29) is 5.69 Å². The van der Waals surface area contributed by atoms with Crippen molar-refractivity contribution in [3.63, 3.8) is 0 Å². The first-order chi connectivity index (χ1) is 8.91. The molecule has 2 nitrogen and oxygen atoms in total. The highest BCUT2D eigenvalue weighted by atomic mass is 19.4. The van der Waals surface area contributed by atoms with Crippen molar-refractivity contribution in [3.05, 3.63) is 53.6 Å². The zero-order valence-corrected chi connectivity index (χ0v) is 9.58. The molecule has 0 aliphatic rings. The Bertz CT molecular complexity index is 578. The molecule has 0 saturated carbocycles. The van der Waals surface area contributed by atoms with Gasteiger partial charge in [0.2, 0.25) is 0 Å². The van der Waals surface area contributed by atoms with Crippen LogP contribution in [0.2, 0.25) is 0 Å². The molecule has 0 amide bonds. The Labute approximate surface area is 106 Å². The van der Waals surface area contributed by atoms with E-state index >= 15 is 0 Å². The molecule has 0 spiro atoms. The van der Waals surface area contributed by atoms with E-state index in [1.54, 1.807) is 0 Å². The molecule has 0 saturated heterocycles. The molecule has 0 unspecified atom stereocenters. The molecule has 0 aliphatic carbocycles. The lowest BCUT2D eigenvalue weighted by atomic mass is 10.0. The molecule has 1 N–H and O–H groups in total. The van der Waals surface area contributed by atoms with Gasteiger partial charge in [0.15, 0.2) is 0 Å². The van der Waals surface area contributed by atoms with Crippen molar-refractivity contribution in [2.75, 3.05) is 0 Å². The number of benzene rings is 1. The Morgan fingerprint density at radius 1 is 1.05 bits per heavy atom. The third-order valence-electron chi connectivity index (χ3n) is 2.61. The lowest BCUT2D eigenvalue weighted by molar-refractivity contribution is -0.137. The lowest BCUT2D eigenvalue weighted by Crippen LogP contribution is -2.04. The van der Waals surface area contributed by atoms with Gasteiger partial charge in [-0.1, -0.05) is 12.1 Å². The van der Waals surface area contributed by atoms with Crippen LogP contribution in [0.5, 0.6) is 0 Å². The van der Waals surface area contributed by atoms with Gasteiger partial charge in [-0.3, -0.25) is 4.98 Å². The Morgan fingerprint density at radius 2 is 1.68 bits per heavy atom. The van der Waals surface area contributed by atoms with Gasteiger partial charge >= 0.3 is 6.18 Å². The molecule has 0 bridgehead atoms. The van der Waals surface area contributed by atoms with Crippen LogP contribution in [0.4, 0.5) is 17.6 Å². The summed E-state index contributed by atoms with van der Waals surface area (Å²) in [6.45, 7) is -0.529. The third kappa shape index (κ3) is 2.90. The largest absolute Gasteiger partial charge is 0.416 e. The summed E-state index contributed by atoms with van der Waals surface area (Å²) < 4.78 is 50.6. The number of hydrogen-bond donors (Lipinski definition) is 1. The zero-order valence-electron chi connectivity index (χ0n) is 9.58. The molecule has 1 aromatic heterocycles. The molecule has 6 heteroatoms. The monoisotopic (exact) mass is 271 g/mol. The first-order valence-corrected chi connectivity index (χ1v) is 5.34. The molecule has 0 atom stereocenters. The van der Waals surface area contributed by atoms with Gasteiger partial charge in [0, 0.05) is 11.8 Å². The van der Waals surface area contributed by atoms with Crippen molar-refractivity contribution in [2.24, 2.45) is 0 Å². The van der Waals surface area contributed by atoms with Crippen LogP contribution in [0.1, 0.15) is 11.3 Å². The highest BCUT2D eigenvalue weighted by molar-refractivity contribution is 5.63. The van der Waals surface area contributed by atoms with E-state index in [1.807, 2.05) is 0 Å². The summed E-state index contributed by atoms with van der Waals surface area (Å²) in [5.74, 6) is -0.695. The van der Waals surface area contributed by atoms with Crippen molar-refractivity contribution in [2.45, 2.75) is 12.8 Å². The van der Waals surface area contributed by atoms with Crippen LogP contribution < -0.4 is 0 Å². The number of aliphatic hydroxyl groups excluding tert-OH is 1. The van der Waals surface area contributed by atoms with Crippen molar-refractivity contribution in [1.29, 1.82) is 0 Å². The van der Waals surface area contributed by atoms with Crippen molar-refractivity contribution in [3.8, 4) is 11.1 Å². The Balaban J connectivity index is 2.35. The minimum Gasteiger partial charge on any atom is -0.390 e. The van der Waals surface area contributed by atoms with Gasteiger partial charge in [0.05, 0.1) is 12.2 Å². The first-order valence-electron chi connectivity index (χ1n) is 5.34. The van der Waals surface area contributed by atoms with Crippen molar-refractivity contribution in [1.82, 2.24) is 4.98 Å². The number of pyridine rings is 1. The van der Waals surface area contributed by atoms with E-state index in [1.165, 1.54) is 18.3 Å². The quantitative estimate of drug-likeness (QED) is 0.849. The van der Waals surface area contributed by atoms with Gasteiger partial charge in [0.1, 0.15) is 11.5 Å². The summed E-state index contributed by atoms with van der Waals surface area (Å²) in [6.07, 6.45) is -3.10. The van der Waals surface area contributed by atoms with Crippen LogP contribution in [0.15, 0.2) is 36.5 Å². The summed E-state index contributed by atoms with van der Waals surface area (Å²) >= 11 is 0. The van der Waals surface area contributed by atoms with Crippen LogP contribution in [0.3, 0.4) is 0 Å². The number of aromatic nitrogens is 1. The molecule has 2 rings (SSSR count). The van der Waals surface area contributed by atoms with E-state index < -0.39 is 24.2 Å². The predicted octanol–water partition coefficient (Wildman–Crippen LogP) is 3.40. The van der Waals surface area contributed by atoms with Crippen LogP contribution in [0.25, 0.3) is 11.1 Å². The Hall–Kier alpha value is -1.95. The lowest BCUT2D eigenvalue weighted by Gasteiger charge is -2.08.